The third kappa shape index (κ3) is 3.23. The lowest BCUT2D eigenvalue weighted by Crippen LogP contribution is -2.15. The molecule has 1 rings (SSSR count). The predicted molar refractivity (Wildman–Crippen MR) is 58.8 cm³/mol. The number of nitro benzene ring substituents is 1. The number of carbonyl (C=O) groups excluding carboxylic acids is 1. The smallest absolute Gasteiger partial charge is 0.291 e. The minimum Gasteiger partial charge on any atom is -0.326 e. The average molecular weight is 259 g/mol. The largest absolute Gasteiger partial charge is 0.326 e. The number of nitrogens with zero attached hydrogens (tertiary/aromatic N) is 1. The first kappa shape index (κ1) is 13.1. The maximum atomic E-state index is 11.1. The SMILES string of the molecule is CC(=O)Nc1ccc(S(N)(=O)=O)c([N+](=O)[O-])c1. The molecule has 1 amide bonds. The molecule has 0 spiro atoms. The highest BCUT2D eigenvalue weighted by molar-refractivity contribution is 7.89. The Morgan fingerprint density at radius 3 is 2.47 bits per heavy atom. The number of primary sulfonamides is 1. The summed E-state index contributed by atoms with van der Waals surface area (Å²) in [6, 6.07) is 3.12. The van der Waals surface area contributed by atoms with Crippen LogP contribution in [0.15, 0.2) is 23.1 Å². The average Bonchev–Trinajstić information content (AvgIpc) is 2.14. The van der Waals surface area contributed by atoms with Crippen LogP contribution in [0, 0.1) is 10.1 Å². The zero-order valence-corrected chi connectivity index (χ0v) is 9.52. The molecule has 8 nitrogen and oxygen atoms in total. The highest BCUT2D eigenvalue weighted by Crippen LogP contribution is 2.26. The summed E-state index contributed by atoms with van der Waals surface area (Å²) >= 11 is 0. The molecule has 1 aromatic carbocycles. The molecular weight excluding hydrogens is 250 g/mol. The van der Waals surface area contributed by atoms with E-state index >= 15 is 0 Å². The van der Waals surface area contributed by atoms with Crippen molar-refractivity contribution in [2.24, 2.45) is 5.14 Å². The molecule has 0 bridgehead atoms. The number of carbonyl (C=O) groups is 1. The number of nitro groups is 1. The Hall–Kier alpha value is -2.00. The van der Waals surface area contributed by atoms with Gasteiger partial charge >= 0.3 is 0 Å². The predicted octanol–water partition coefficient (Wildman–Crippen LogP) is 0.201. The summed E-state index contributed by atoms with van der Waals surface area (Å²) in [5.41, 5.74) is -0.560. The number of hydrogen-bond donors (Lipinski definition) is 2. The van der Waals surface area contributed by atoms with Crippen LogP contribution < -0.4 is 10.5 Å². The Balaban J connectivity index is 3.37. The first-order valence-electron chi connectivity index (χ1n) is 4.30. The summed E-state index contributed by atoms with van der Waals surface area (Å²) < 4.78 is 22.2. The number of sulfonamides is 1. The summed E-state index contributed by atoms with van der Waals surface area (Å²) in [5, 5.41) is 17.8. The monoisotopic (exact) mass is 259 g/mol. The number of rotatable bonds is 3. The van der Waals surface area contributed by atoms with E-state index in [9.17, 15) is 23.3 Å². The minimum atomic E-state index is -4.18. The molecule has 92 valence electrons. The molecule has 0 saturated carbocycles. The second kappa shape index (κ2) is 4.47. The van der Waals surface area contributed by atoms with E-state index in [2.05, 4.69) is 5.32 Å². The molecule has 9 heteroatoms. The number of benzene rings is 1. The lowest BCUT2D eigenvalue weighted by Gasteiger charge is -2.04. The van der Waals surface area contributed by atoms with Crippen LogP contribution in [-0.4, -0.2) is 19.2 Å². The van der Waals surface area contributed by atoms with Gasteiger partial charge in [0.05, 0.1) is 4.92 Å². The molecular formula is C8H9N3O5S. The van der Waals surface area contributed by atoms with E-state index in [4.69, 9.17) is 5.14 Å². The molecule has 3 N–H and O–H groups in total. The van der Waals surface area contributed by atoms with Crippen LogP contribution >= 0.6 is 0 Å². The third-order valence-corrected chi connectivity index (χ3v) is 2.74. The Morgan fingerprint density at radius 2 is 2.06 bits per heavy atom. The Morgan fingerprint density at radius 1 is 1.47 bits per heavy atom. The van der Waals surface area contributed by atoms with Gasteiger partial charge in [0.2, 0.25) is 15.9 Å². The second-order valence-corrected chi connectivity index (χ2v) is 4.70. The summed E-state index contributed by atoms with van der Waals surface area (Å²) in [6.45, 7) is 1.22. The van der Waals surface area contributed by atoms with Gasteiger partial charge in [0.1, 0.15) is 0 Å². The Labute approximate surface area is 96.6 Å². The van der Waals surface area contributed by atoms with Crippen LogP contribution in [0.3, 0.4) is 0 Å². The van der Waals surface area contributed by atoms with Gasteiger partial charge in [-0.2, -0.15) is 0 Å². The first-order chi connectivity index (χ1) is 7.71. The molecule has 0 unspecified atom stereocenters. The van der Waals surface area contributed by atoms with Crippen LogP contribution in [0.4, 0.5) is 11.4 Å². The number of amides is 1. The quantitative estimate of drug-likeness (QED) is 0.591. The highest BCUT2D eigenvalue weighted by atomic mass is 32.2. The fraction of sp³-hybridized carbons (Fsp3) is 0.125. The number of anilines is 1. The molecule has 0 saturated heterocycles. The van der Waals surface area contributed by atoms with E-state index in [1.54, 1.807) is 0 Å². The number of nitrogens with two attached hydrogens (primary N) is 1. The van der Waals surface area contributed by atoms with Crippen LogP contribution in [0.2, 0.25) is 0 Å². The summed E-state index contributed by atoms with van der Waals surface area (Å²) in [7, 11) is -4.18. The van der Waals surface area contributed by atoms with Crippen LogP contribution in [-0.2, 0) is 14.8 Å². The van der Waals surface area contributed by atoms with Gasteiger partial charge in [-0.05, 0) is 12.1 Å². The van der Waals surface area contributed by atoms with Crippen molar-refractivity contribution in [2.45, 2.75) is 11.8 Å². The van der Waals surface area contributed by atoms with E-state index in [-0.39, 0.29) is 5.69 Å². The number of nitrogens with one attached hydrogen (secondary N) is 1. The zero-order chi connectivity index (χ0) is 13.2. The van der Waals surface area contributed by atoms with Gasteiger partial charge in [-0.25, -0.2) is 13.6 Å². The van der Waals surface area contributed by atoms with Crippen molar-refractivity contribution in [1.29, 1.82) is 0 Å². The summed E-state index contributed by atoms with van der Waals surface area (Å²) in [6.07, 6.45) is 0. The van der Waals surface area contributed by atoms with E-state index in [1.807, 2.05) is 0 Å². The fourth-order valence-electron chi connectivity index (χ4n) is 1.18. The third-order valence-electron chi connectivity index (χ3n) is 1.78. The molecule has 0 fully saturated rings. The fourth-order valence-corrected chi connectivity index (χ4v) is 1.86. The van der Waals surface area contributed by atoms with Gasteiger partial charge in [0, 0.05) is 18.7 Å². The maximum absolute atomic E-state index is 11.1. The summed E-state index contributed by atoms with van der Waals surface area (Å²) in [4.78, 5) is 19.9. The van der Waals surface area contributed by atoms with Gasteiger partial charge in [0.25, 0.3) is 5.69 Å². The molecule has 0 radical (unpaired) electrons. The lowest BCUT2D eigenvalue weighted by molar-refractivity contribution is -0.387. The molecule has 0 heterocycles. The van der Waals surface area contributed by atoms with E-state index < -0.39 is 31.4 Å². The van der Waals surface area contributed by atoms with Gasteiger partial charge < -0.3 is 5.32 Å². The molecule has 1 aromatic rings. The summed E-state index contributed by atoms with van der Waals surface area (Å²) in [5.74, 6) is -0.428. The van der Waals surface area contributed by atoms with Gasteiger partial charge in [-0.3, -0.25) is 14.9 Å². The maximum Gasteiger partial charge on any atom is 0.291 e. The van der Waals surface area contributed by atoms with Crippen molar-refractivity contribution in [3.8, 4) is 0 Å². The van der Waals surface area contributed by atoms with Crippen molar-refractivity contribution >= 4 is 27.3 Å². The van der Waals surface area contributed by atoms with Crippen molar-refractivity contribution in [3.63, 3.8) is 0 Å². The van der Waals surface area contributed by atoms with Gasteiger partial charge in [-0.15, -0.1) is 0 Å². The zero-order valence-electron chi connectivity index (χ0n) is 8.71. The van der Waals surface area contributed by atoms with E-state index in [1.165, 1.54) is 13.0 Å². The standard InChI is InChI=1S/C8H9N3O5S/c1-5(12)10-6-2-3-8(17(9,15)16)7(4-6)11(13)14/h2-4H,1H3,(H,10,12)(H2,9,15,16). The van der Waals surface area contributed by atoms with Crippen molar-refractivity contribution in [3.05, 3.63) is 28.3 Å². The first-order valence-corrected chi connectivity index (χ1v) is 5.85. The minimum absolute atomic E-state index is 0.122. The van der Waals surface area contributed by atoms with Crippen LogP contribution in [0.5, 0.6) is 0 Å². The van der Waals surface area contributed by atoms with Crippen LogP contribution in [0.1, 0.15) is 6.92 Å². The highest BCUT2D eigenvalue weighted by Gasteiger charge is 2.23. The molecule has 17 heavy (non-hydrogen) atoms. The van der Waals surface area contributed by atoms with Gasteiger partial charge in [-0.1, -0.05) is 0 Å². The van der Waals surface area contributed by atoms with E-state index in [0.29, 0.717) is 0 Å². The second-order valence-electron chi connectivity index (χ2n) is 3.17. The van der Waals surface area contributed by atoms with Crippen molar-refractivity contribution in [1.82, 2.24) is 0 Å². The van der Waals surface area contributed by atoms with Gasteiger partial charge in [0.15, 0.2) is 4.90 Å². The van der Waals surface area contributed by atoms with E-state index in [0.717, 1.165) is 12.1 Å². The Kier molecular flexibility index (Phi) is 3.44. The molecule has 0 atom stereocenters. The normalized spacial score (nSPS) is 10.9. The van der Waals surface area contributed by atoms with Crippen molar-refractivity contribution < 1.29 is 18.1 Å². The molecule has 0 aromatic heterocycles. The number of hydrogen-bond acceptors (Lipinski definition) is 5. The molecule has 0 aliphatic carbocycles. The molecule has 0 aliphatic rings. The lowest BCUT2D eigenvalue weighted by atomic mass is 10.3. The Bertz CT molecular complexity index is 581. The van der Waals surface area contributed by atoms with Crippen LogP contribution in [0.25, 0.3) is 0 Å². The molecule has 0 aliphatic heterocycles. The topological polar surface area (TPSA) is 132 Å². The van der Waals surface area contributed by atoms with Crippen molar-refractivity contribution in [2.75, 3.05) is 5.32 Å².